The maximum absolute atomic E-state index is 11.5. The minimum absolute atomic E-state index is 0.0375. The third-order valence-corrected chi connectivity index (χ3v) is 4.19. The monoisotopic (exact) mass is 262 g/mol. The van der Waals surface area contributed by atoms with E-state index in [1.54, 1.807) is 0 Å². The van der Waals surface area contributed by atoms with Gasteiger partial charge >= 0.3 is 0 Å². The molecule has 0 aliphatic heterocycles. The van der Waals surface area contributed by atoms with E-state index in [9.17, 15) is 13.2 Å². The molecule has 1 rings (SSSR count). The number of hydrogen-bond acceptors (Lipinski definition) is 4. The lowest BCUT2D eigenvalue weighted by atomic mass is 9.83. The number of nitrogens with one attached hydrogen (secondary N) is 1. The molecule has 0 spiro atoms. The molecule has 0 aromatic heterocycles. The first-order chi connectivity index (χ1) is 7.88. The fourth-order valence-corrected chi connectivity index (χ4v) is 2.47. The van der Waals surface area contributed by atoms with E-state index < -0.39 is 15.9 Å². The highest BCUT2D eigenvalue weighted by Gasteiger charge is 2.19. The Balaban J connectivity index is 2.12. The minimum atomic E-state index is -3.04. The second-order valence-corrected chi connectivity index (χ2v) is 7.16. The summed E-state index contributed by atoms with van der Waals surface area (Å²) < 4.78 is 21.8. The van der Waals surface area contributed by atoms with Crippen LogP contribution in [0.1, 0.15) is 32.1 Å². The average molecular weight is 262 g/mol. The topological polar surface area (TPSA) is 89.3 Å². The van der Waals surface area contributed by atoms with Crippen molar-refractivity contribution in [2.75, 3.05) is 18.6 Å². The lowest BCUT2D eigenvalue weighted by Crippen LogP contribution is -2.42. The molecule has 3 N–H and O–H groups in total. The lowest BCUT2D eigenvalue weighted by Gasteiger charge is -2.25. The molecule has 6 heteroatoms. The largest absolute Gasteiger partial charge is 0.355 e. The SMILES string of the molecule is CS(=O)(=O)CCC(N)C(=O)NCCC1CCC1. The number of carbonyl (C=O) groups excluding carboxylic acids is 1. The number of amides is 1. The van der Waals surface area contributed by atoms with Gasteiger partial charge in [0.2, 0.25) is 5.91 Å². The van der Waals surface area contributed by atoms with Gasteiger partial charge in [-0.3, -0.25) is 4.79 Å². The van der Waals surface area contributed by atoms with Crippen molar-refractivity contribution in [2.24, 2.45) is 11.7 Å². The van der Waals surface area contributed by atoms with Crippen molar-refractivity contribution in [1.29, 1.82) is 0 Å². The maximum Gasteiger partial charge on any atom is 0.236 e. The van der Waals surface area contributed by atoms with Gasteiger partial charge in [-0.05, 0) is 18.8 Å². The molecule has 1 fully saturated rings. The first kappa shape index (κ1) is 14.4. The van der Waals surface area contributed by atoms with E-state index in [0.29, 0.717) is 6.54 Å². The predicted octanol–water partition coefficient (Wildman–Crippen LogP) is 0.0548. The highest BCUT2D eigenvalue weighted by atomic mass is 32.2. The van der Waals surface area contributed by atoms with Crippen LogP contribution in [-0.4, -0.2) is 38.9 Å². The molecule has 1 amide bonds. The predicted molar refractivity (Wildman–Crippen MR) is 67.3 cm³/mol. The van der Waals surface area contributed by atoms with Crippen LogP contribution in [0.2, 0.25) is 0 Å². The highest BCUT2D eigenvalue weighted by Crippen LogP contribution is 2.28. The van der Waals surface area contributed by atoms with E-state index in [0.717, 1.165) is 18.6 Å². The normalized spacial score (nSPS) is 18.5. The summed E-state index contributed by atoms with van der Waals surface area (Å²) in [7, 11) is -3.04. The quantitative estimate of drug-likeness (QED) is 0.678. The summed E-state index contributed by atoms with van der Waals surface area (Å²) in [6, 6.07) is -0.717. The summed E-state index contributed by atoms with van der Waals surface area (Å²) >= 11 is 0. The van der Waals surface area contributed by atoms with E-state index in [1.165, 1.54) is 19.3 Å². The Morgan fingerprint density at radius 1 is 1.47 bits per heavy atom. The van der Waals surface area contributed by atoms with Crippen molar-refractivity contribution in [2.45, 2.75) is 38.1 Å². The van der Waals surface area contributed by atoms with Gasteiger partial charge in [0.25, 0.3) is 0 Å². The summed E-state index contributed by atoms with van der Waals surface area (Å²) in [6.45, 7) is 0.649. The summed E-state index contributed by atoms with van der Waals surface area (Å²) in [6.07, 6.45) is 6.16. The number of hydrogen-bond donors (Lipinski definition) is 2. The van der Waals surface area contributed by atoms with Crippen molar-refractivity contribution in [1.82, 2.24) is 5.32 Å². The summed E-state index contributed by atoms with van der Waals surface area (Å²) in [5.74, 6) is 0.472. The van der Waals surface area contributed by atoms with Gasteiger partial charge in [0.1, 0.15) is 9.84 Å². The van der Waals surface area contributed by atoms with Crippen LogP contribution in [0.5, 0.6) is 0 Å². The molecule has 17 heavy (non-hydrogen) atoms. The van der Waals surface area contributed by atoms with Crippen LogP contribution < -0.4 is 11.1 Å². The fraction of sp³-hybridized carbons (Fsp3) is 0.909. The number of rotatable bonds is 7. The van der Waals surface area contributed by atoms with Gasteiger partial charge in [-0.2, -0.15) is 0 Å². The van der Waals surface area contributed by atoms with E-state index in [1.807, 2.05) is 0 Å². The molecule has 0 radical (unpaired) electrons. The van der Waals surface area contributed by atoms with E-state index in [4.69, 9.17) is 5.73 Å². The smallest absolute Gasteiger partial charge is 0.236 e. The van der Waals surface area contributed by atoms with Gasteiger partial charge in [0.05, 0.1) is 11.8 Å². The number of sulfone groups is 1. The molecule has 0 heterocycles. The summed E-state index contributed by atoms with van der Waals surface area (Å²) in [4.78, 5) is 11.5. The molecule has 0 saturated heterocycles. The average Bonchev–Trinajstić information content (AvgIpc) is 2.16. The van der Waals surface area contributed by atoms with Gasteiger partial charge < -0.3 is 11.1 Å². The molecule has 1 aliphatic rings. The van der Waals surface area contributed by atoms with Gasteiger partial charge in [0.15, 0.2) is 0 Å². The van der Waals surface area contributed by atoms with Crippen LogP contribution in [0.15, 0.2) is 0 Å². The molecule has 1 unspecified atom stereocenters. The third-order valence-electron chi connectivity index (χ3n) is 3.21. The van der Waals surface area contributed by atoms with Crippen LogP contribution in [-0.2, 0) is 14.6 Å². The molecular weight excluding hydrogens is 240 g/mol. The second-order valence-electron chi connectivity index (χ2n) is 4.90. The van der Waals surface area contributed by atoms with E-state index in [2.05, 4.69) is 5.32 Å². The second kappa shape index (κ2) is 6.35. The Morgan fingerprint density at radius 3 is 2.59 bits per heavy atom. The van der Waals surface area contributed by atoms with Gasteiger partial charge in [-0.15, -0.1) is 0 Å². The van der Waals surface area contributed by atoms with E-state index in [-0.39, 0.29) is 18.1 Å². The highest BCUT2D eigenvalue weighted by molar-refractivity contribution is 7.90. The Bertz CT molecular complexity index is 350. The first-order valence-electron chi connectivity index (χ1n) is 6.09. The zero-order valence-corrected chi connectivity index (χ0v) is 11.1. The van der Waals surface area contributed by atoms with Crippen molar-refractivity contribution < 1.29 is 13.2 Å². The minimum Gasteiger partial charge on any atom is -0.355 e. The van der Waals surface area contributed by atoms with Gasteiger partial charge in [0, 0.05) is 12.8 Å². The van der Waals surface area contributed by atoms with Crippen LogP contribution in [0.4, 0.5) is 0 Å². The molecule has 0 aromatic rings. The molecule has 1 saturated carbocycles. The van der Waals surface area contributed by atoms with Crippen LogP contribution in [0, 0.1) is 5.92 Å². The van der Waals surface area contributed by atoms with Crippen molar-refractivity contribution >= 4 is 15.7 Å². The van der Waals surface area contributed by atoms with Gasteiger partial charge in [-0.1, -0.05) is 19.3 Å². The Hall–Kier alpha value is -0.620. The van der Waals surface area contributed by atoms with Gasteiger partial charge in [-0.25, -0.2) is 8.42 Å². The molecule has 1 atom stereocenters. The summed E-state index contributed by atoms with van der Waals surface area (Å²) in [5, 5.41) is 2.76. The standard InChI is InChI=1S/C11H22N2O3S/c1-17(15,16)8-6-10(12)11(14)13-7-5-9-3-2-4-9/h9-10H,2-8,12H2,1H3,(H,13,14). The molecule has 0 bridgehead atoms. The third kappa shape index (κ3) is 6.02. The number of carbonyl (C=O) groups is 1. The molecule has 1 aliphatic carbocycles. The molecule has 0 aromatic carbocycles. The number of nitrogens with two attached hydrogens (primary N) is 1. The zero-order valence-electron chi connectivity index (χ0n) is 10.3. The zero-order chi connectivity index (χ0) is 12.9. The summed E-state index contributed by atoms with van der Waals surface area (Å²) in [5.41, 5.74) is 5.61. The van der Waals surface area contributed by atoms with Crippen molar-refractivity contribution in [3.63, 3.8) is 0 Å². The lowest BCUT2D eigenvalue weighted by molar-refractivity contribution is -0.122. The molecule has 100 valence electrons. The van der Waals surface area contributed by atoms with Crippen molar-refractivity contribution in [3.05, 3.63) is 0 Å². The Morgan fingerprint density at radius 2 is 2.12 bits per heavy atom. The van der Waals surface area contributed by atoms with Crippen LogP contribution in [0.3, 0.4) is 0 Å². The Labute approximate surface area is 103 Å². The fourth-order valence-electron chi connectivity index (χ4n) is 1.78. The Kier molecular flexibility index (Phi) is 5.39. The van der Waals surface area contributed by atoms with Crippen molar-refractivity contribution in [3.8, 4) is 0 Å². The maximum atomic E-state index is 11.5. The first-order valence-corrected chi connectivity index (χ1v) is 8.15. The van der Waals surface area contributed by atoms with E-state index >= 15 is 0 Å². The molecular formula is C11H22N2O3S. The van der Waals surface area contributed by atoms with Crippen LogP contribution in [0.25, 0.3) is 0 Å². The van der Waals surface area contributed by atoms with Crippen LogP contribution >= 0.6 is 0 Å². The molecule has 5 nitrogen and oxygen atoms in total.